The molecule has 0 heterocycles. The average Bonchev–Trinajstić information content (AvgIpc) is 2.50. The molecule has 0 aromatic rings. The van der Waals surface area contributed by atoms with E-state index in [1.165, 1.54) is 6.92 Å². The van der Waals surface area contributed by atoms with Crippen LogP contribution in [0.4, 0.5) is 0 Å². The lowest BCUT2D eigenvalue weighted by atomic mass is 10.0. The lowest BCUT2D eigenvalue weighted by molar-refractivity contribution is -0.142. The summed E-state index contributed by atoms with van der Waals surface area (Å²) in [6.45, 7) is 4.15. The summed E-state index contributed by atoms with van der Waals surface area (Å²) in [4.78, 5) is 57.7. The van der Waals surface area contributed by atoms with Crippen molar-refractivity contribution in [2.75, 3.05) is 6.54 Å². The first-order valence-electron chi connectivity index (χ1n) is 7.60. The van der Waals surface area contributed by atoms with Gasteiger partial charge in [-0.05, 0) is 12.8 Å². The van der Waals surface area contributed by atoms with Crippen LogP contribution < -0.4 is 27.4 Å². The van der Waals surface area contributed by atoms with Gasteiger partial charge in [0.15, 0.2) is 0 Å². The Hall–Kier alpha value is -2.69. The van der Waals surface area contributed by atoms with Crippen LogP contribution in [-0.2, 0) is 24.0 Å². The fourth-order valence-corrected chi connectivity index (χ4v) is 1.82. The monoisotopic (exact) mass is 359 g/mol. The first kappa shape index (κ1) is 22.3. The molecule has 0 fully saturated rings. The van der Waals surface area contributed by atoms with Crippen molar-refractivity contribution in [3.8, 4) is 0 Å². The van der Waals surface area contributed by atoms with E-state index in [2.05, 4.69) is 16.0 Å². The fourth-order valence-electron chi connectivity index (χ4n) is 1.82. The van der Waals surface area contributed by atoms with E-state index in [4.69, 9.17) is 16.6 Å². The number of primary amides is 1. The molecule has 0 saturated carbocycles. The number of rotatable bonds is 10. The zero-order valence-corrected chi connectivity index (χ0v) is 14.4. The molecule has 25 heavy (non-hydrogen) atoms. The maximum absolute atomic E-state index is 12.3. The molecule has 142 valence electrons. The number of hydrogen-bond acceptors (Lipinski definition) is 6. The lowest BCUT2D eigenvalue weighted by Gasteiger charge is -2.25. The summed E-state index contributed by atoms with van der Waals surface area (Å²) in [6, 6.07) is -3.51. The normalized spacial score (nSPS) is 14.1. The van der Waals surface area contributed by atoms with E-state index in [9.17, 15) is 24.0 Å². The van der Waals surface area contributed by atoms with E-state index in [1.54, 1.807) is 13.8 Å². The Morgan fingerprint density at radius 3 is 1.92 bits per heavy atom. The Kier molecular flexibility index (Phi) is 9.13. The molecule has 0 rings (SSSR count). The Morgan fingerprint density at radius 2 is 1.52 bits per heavy atom. The second kappa shape index (κ2) is 10.2. The van der Waals surface area contributed by atoms with Gasteiger partial charge in [0.05, 0.1) is 13.0 Å². The van der Waals surface area contributed by atoms with E-state index in [1.807, 2.05) is 0 Å². The summed E-state index contributed by atoms with van der Waals surface area (Å²) in [5.74, 6) is -4.64. The molecule has 0 aromatic heterocycles. The van der Waals surface area contributed by atoms with E-state index >= 15 is 0 Å². The van der Waals surface area contributed by atoms with E-state index in [-0.39, 0.29) is 5.92 Å². The standard InChI is InChI=1S/C14H25N5O6/c1-6(2)11(13(23)17-7(3)14(24)25)19-12(22)8(4-9(16)20)18-10(21)5-15/h6-8,11H,4-5,15H2,1-3H3,(H2,16,20)(H,17,23)(H,18,21)(H,19,22)(H,24,25). The Bertz CT molecular complexity index is 536. The number of carbonyl (C=O) groups is 5. The average molecular weight is 359 g/mol. The number of aliphatic carboxylic acids is 1. The third-order valence-electron chi connectivity index (χ3n) is 3.22. The van der Waals surface area contributed by atoms with Crippen LogP contribution in [0.2, 0.25) is 0 Å². The molecule has 11 heteroatoms. The molecule has 4 amide bonds. The maximum Gasteiger partial charge on any atom is 0.325 e. The summed E-state index contributed by atoms with van der Waals surface area (Å²) in [5.41, 5.74) is 10.2. The van der Waals surface area contributed by atoms with Gasteiger partial charge in [-0.1, -0.05) is 13.8 Å². The topological polar surface area (TPSA) is 194 Å². The van der Waals surface area contributed by atoms with Crippen LogP contribution >= 0.6 is 0 Å². The third-order valence-corrected chi connectivity index (χ3v) is 3.22. The van der Waals surface area contributed by atoms with Crippen molar-refractivity contribution >= 4 is 29.6 Å². The first-order valence-corrected chi connectivity index (χ1v) is 7.60. The molecule has 0 spiro atoms. The number of nitrogens with one attached hydrogen (secondary N) is 3. The van der Waals surface area contributed by atoms with E-state index in [0.29, 0.717) is 0 Å². The molecule has 3 atom stereocenters. The van der Waals surface area contributed by atoms with E-state index in [0.717, 1.165) is 0 Å². The van der Waals surface area contributed by atoms with Gasteiger partial charge < -0.3 is 32.5 Å². The van der Waals surface area contributed by atoms with Crippen LogP contribution in [0.25, 0.3) is 0 Å². The second-order valence-corrected chi connectivity index (χ2v) is 5.79. The second-order valence-electron chi connectivity index (χ2n) is 5.79. The fraction of sp³-hybridized carbons (Fsp3) is 0.643. The number of carboxylic acids is 1. The van der Waals surface area contributed by atoms with Crippen LogP contribution in [0.15, 0.2) is 0 Å². The molecule has 3 unspecified atom stereocenters. The number of nitrogens with two attached hydrogens (primary N) is 2. The molecular formula is C14H25N5O6. The van der Waals surface area contributed by atoms with Crippen LogP contribution in [-0.4, -0.2) is 59.4 Å². The van der Waals surface area contributed by atoms with Crippen LogP contribution in [0, 0.1) is 5.92 Å². The first-order chi connectivity index (χ1) is 11.5. The van der Waals surface area contributed by atoms with Crippen molar-refractivity contribution in [2.24, 2.45) is 17.4 Å². The summed E-state index contributed by atoms with van der Waals surface area (Å²) in [6.07, 6.45) is -0.477. The minimum atomic E-state index is -1.29. The molecule has 0 aromatic carbocycles. The lowest BCUT2D eigenvalue weighted by Crippen LogP contribution is -2.58. The Morgan fingerprint density at radius 1 is 0.960 bits per heavy atom. The molecule has 0 aliphatic carbocycles. The number of hydrogen-bond donors (Lipinski definition) is 6. The van der Waals surface area contributed by atoms with Crippen molar-refractivity contribution < 1.29 is 29.1 Å². The van der Waals surface area contributed by atoms with Crippen LogP contribution in [0.3, 0.4) is 0 Å². The molecule has 11 nitrogen and oxygen atoms in total. The van der Waals surface area contributed by atoms with Gasteiger partial charge in [-0.25, -0.2) is 0 Å². The molecule has 0 aliphatic rings. The highest BCUT2D eigenvalue weighted by atomic mass is 16.4. The van der Waals surface area contributed by atoms with Crippen molar-refractivity contribution in [1.82, 2.24) is 16.0 Å². The van der Waals surface area contributed by atoms with Crippen molar-refractivity contribution in [3.05, 3.63) is 0 Å². The highest BCUT2D eigenvalue weighted by Gasteiger charge is 2.30. The summed E-state index contributed by atoms with van der Waals surface area (Å²) < 4.78 is 0. The number of carboxylic acid groups (broad SMARTS) is 1. The predicted octanol–water partition coefficient (Wildman–Crippen LogP) is -2.96. The molecule has 0 bridgehead atoms. The molecule has 0 radical (unpaired) electrons. The van der Waals surface area contributed by atoms with Crippen molar-refractivity contribution in [3.63, 3.8) is 0 Å². The van der Waals surface area contributed by atoms with Gasteiger partial charge in [-0.15, -0.1) is 0 Å². The minimum Gasteiger partial charge on any atom is -0.480 e. The number of carbonyl (C=O) groups excluding carboxylic acids is 4. The highest BCUT2D eigenvalue weighted by molar-refractivity contribution is 5.95. The quantitative estimate of drug-likeness (QED) is 0.239. The smallest absolute Gasteiger partial charge is 0.325 e. The SMILES string of the molecule is CC(NC(=O)C(NC(=O)C(CC(N)=O)NC(=O)CN)C(C)C)C(=O)O. The van der Waals surface area contributed by atoms with Gasteiger partial charge in [0.2, 0.25) is 23.6 Å². The zero-order chi connectivity index (χ0) is 19.7. The highest BCUT2D eigenvalue weighted by Crippen LogP contribution is 2.04. The summed E-state index contributed by atoms with van der Waals surface area (Å²) in [5, 5.41) is 15.7. The van der Waals surface area contributed by atoms with Crippen molar-refractivity contribution in [1.29, 1.82) is 0 Å². The Labute approximate surface area is 144 Å². The van der Waals surface area contributed by atoms with Gasteiger partial charge in [0.1, 0.15) is 18.1 Å². The summed E-state index contributed by atoms with van der Waals surface area (Å²) >= 11 is 0. The van der Waals surface area contributed by atoms with Gasteiger partial charge in [-0.2, -0.15) is 0 Å². The van der Waals surface area contributed by atoms with Gasteiger partial charge in [0, 0.05) is 0 Å². The predicted molar refractivity (Wildman–Crippen MR) is 86.8 cm³/mol. The summed E-state index contributed by atoms with van der Waals surface area (Å²) in [7, 11) is 0. The molecule has 0 aliphatic heterocycles. The van der Waals surface area contributed by atoms with Crippen LogP contribution in [0.1, 0.15) is 27.2 Å². The van der Waals surface area contributed by atoms with Gasteiger partial charge in [-0.3, -0.25) is 24.0 Å². The molecular weight excluding hydrogens is 334 g/mol. The molecule has 8 N–H and O–H groups in total. The number of amides is 4. The van der Waals surface area contributed by atoms with Gasteiger partial charge >= 0.3 is 5.97 Å². The largest absolute Gasteiger partial charge is 0.480 e. The van der Waals surface area contributed by atoms with Gasteiger partial charge in [0.25, 0.3) is 0 Å². The zero-order valence-electron chi connectivity index (χ0n) is 14.4. The maximum atomic E-state index is 12.3. The minimum absolute atomic E-state index is 0.385. The third kappa shape index (κ3) is 8.11. The molecule has 0 saturated heterocycles. The van der Waals surface area contributed by atoms with Crippen LogP contribution in [0.5, 0.6) is 0 Å². The van der Waals surface area contributed by atoms with Crippen molar-refractivity contribution in [2.45, 2.75) is 45.3 Å². The van der Waals surface area contributed by atoms with E-state index < -0.39 is 60.7 Å². The Balaban J connectivity index is 5.14.